The highest BCUT2D eigenvalue weighted by Crippen LogP contribution is 2.66. The summed E-state index contributed by atoms with van der Waals surface area (Å²) in [5.74, 6) is -1.39. The van der Waals surface area contributed by atoms with Crippen LogP contribution in [0.4, 0.5) is 0 Å². The lowest BCUT2D eigenvalue weighted by molar-refractivity contribution is -0.171. The molecule has 1 heterocycles. The van der Waals surface area contributed by atoms with E-state index >= 15 is 0 Å². The molecule has 0 N–H and O–H groups in total. The van der Waals surface area contributed by atoms with Crippen LogP contribution in [-0.2, 0) is 28.6 Å². The zero-order valence-corrected chi connectivity index (χ0v) is 19.8. The number of allylic oxidation sites excluding steroid dienone is 1. The SMILES string of the molecule is C=C1COC(=O)C12C[C@@]1(C)C([C@@H](OC(=O)/C=C/SC)CC[C@@H]1C)[C@H]2OC(=O)/C(C)=C\C. The summed E-state index contributed by atoms with van der Waals surface area (Å²) >= 11 is 1.41. The summed E-state index contributed by atoms with van der Waals surface area (Å²) in [6.45, 7) is 11.9. The molecule has 6 atom stereocenters. The number of carbonyl (C=O) groups is 3. The zero-order valence-electron chi connectivity index (χ0n) is 18.9. The van der Waals surface area contributed by atoms with Crippen LogP contribution < -0.4 is 0 Å². The highest BCUT2D eigenvalue weighted by molar-refractivity contribution is 8.01. The molecule has 2 saturated carbocycles. The molecule has 0 amide bonds. The third kappa shape index (κ3) is 3.86. The number of esters is 3. The molecule has 0 aromatic rings. The maximum atomic E-state index is 13.1. The largest absolute Gasteiger partial charge is 0.460 e. The molecule has 6 nitrogen and oxygen atoms in total. The van der Waals surface area contributed by atoms with Crippen LogP contribution in [-0.4, -0.2) is 43.0 Å². The number of carbonyl (C=O) groups excluding carboxylic acids is 3. The van der Waals surface area contributed by atoms with Gasteiger partial charge < -0.3 is 14.2 Å². The van der Waals surface area contributed by atoms with Gasteiger partial charge in [0.2, 0.25) is 0 Å². The minimum atomic E-state index is -1.11. The van der Waals surface area contributed by atoms with Crippen LogP contribution in [0.3, 0.4) is 0 Å². The van der Waals surface area contributed by atoms with Crippen molar-refractivity contribution in [3.8, 4) is 0 Å². The first kappa shape index (κ1) is 23.6. The molecule has 3 fully saturated rings. The van der Waals surface area contributed by atoms with E-state index in [1.807, 2.05) is 6.26 Å². The zero-order chi connectivity index (χ0) is 23.0. The summed E-state index contributed by atoms with van der Waals surface area (Å²) in [7, 11) is 0. The molecule has 0 aromatic heterocycles. The second-order valence-corrected chi connectivity index (χ2v) is 9.89. The molecule has 1 saturated heterocycles. The van der Waals surface area contributed by atoms with Crippen molar-refractivity contribution in [2.75, 3.05) is 12.9 Å². The average molecular weight is 449 g/mol. The van der Waals surface area contributed by atoms with Crippen molar-refractivity contribution in [3.05, 3.63) is 35.3 Å². The maximum absolute atomic E-state index is 13.1. The molecular formula is C24H32O6S. The van der Waals surface area contributed by atoms with E-state index < -0.39 is 35.5 Å². The van der Waals surface area contributed by atoms with E-state index in [0.29, 0.717) is 24.0 Å². The summed E-state index contributed by atoms with van der Waals surface area (Å²) < 4.78 is 17.3. The predicted octanol–water partition coefficient (Wildman–Crippen LogP) is 4.21. The van der Waals surface area contributed by atoms with Crippen LogP contribution in [0.2, 0.25) is 0 Å². The number of rotatable bonds is 5. The smallest absolute Gasteiger partial charge is 0.333 e. The quantitative estimate of drug-likeness (QED) is 0.270. The average Bonchev–Trinajstić information content (AvgIpc) is 3.18. The molecule has 0 aromatic carbocycles. The molecule has 1 aliphatic heterocycles. The van der Waals surface area contributed by atoms with Gasteiger partial charge in [-0.3, -0.25) is 4.79 Å². The number of thioether (sulfide) groups is 1. The molecule has 3 rings (SSSR count). The first-order valence-electron chi connectivity index (χ1n) is 10.7. The number of hydrogen-bond acceptors (Lipinski definition) is 7. The first-order valence-corrected chi connectivity index (χ1v) is 12.0. The molecule has 2 aliphatic carbocycles. The Balaban J connectivity index is 2.07. The second-order valence-electron chi connectivity index (χ2n) is 9.15. The van der Waals surface area contributed by atoms with E-state index in [4.69, 9.17) is 14.2 Å². The molecular weight excluding hydrogens is 416 g/mol. The van der Waals surface area contributed by atoms with Crippen LogP contribution in [0.15, 0.2) is 35.3 Å². The van der Waals surface area contributed by atoms with Crippen molar-refractivity contribution in [3.63, 3.8) is 0 Å². The van der Waals surface area contributed by atoms with Crippen LogP contribution >= 0.6 is 11.8 Å². The summed E-state index contributed by atoms with van der Waals surface area (Å²) in [5, 5.41) is 1.67. The van der Waals surface area contributed by atoms with Gasteiger partial charge in [0.15, 0.2) is 0 Å². The number of hydrogen-bond donors (Lipinski definition) is 0. The predicted molar refractivity (Wildman–Crippen MR) is 119 cm³/mol. The van der Waals surface area contributed by atoms with Crippen molar-refractivity contribution >= 4 is 29.7 Å². The third-order valence-electron chi connectivity index (χ3n) is 7.61. The molecule has 0 bridgehead atoms. The summed E-state index contributed by atoms with van der Waals surface area (Å²) in [4.78, 5) is 38.3. The van der Waals surface area contributed by atoms with Crippen molar-refractivity contribution in [1.29, 1.82) is 0 Å². The lowest BCUT2D eigenvalue weighted by atomic mass is 9.61. The van der Waals surface area contributed by atoms with Crippen molar-refractivity contribution < 1.29 is 28.6 Å². The Hall–Kier alpha value is -2.02. The van der Waals surface area contributed by atoms with E-state index in [9.17, 15) is 14.4 Å². The summed E-state index contributed by atoms with van der Waals surface area (Å²) in [6, 6.07) is 0. The Morgan fingerprint density at radius 1 is 1.29 bits per heavy atom. The minimum Gasteiger partial charge on any atom is -0.460 e. The van der Waals surface area contributed by atoms with Gasteiger partial charge >= 0.3 is 17.9 Å². The van der Waals surface area contributed by atoms with E-state index in [0.717, 1.165) is 6.42 Å². The van der Waals surface area contributed by atoms with Crippen LogP contribution in [0.5, 0.6) is 0 Å². The van der Waals surface area contributed by atoms with Gasteiger partial charge in [-0.1, -0.05) is 26.5 Å². The maximum Gasteiger partial charge on any atom is 0.333 e. The van der Waals surface area contributed by atoms with Gasteiger partial charge in [-0.15, -0.1) is 11.8 Å². The fraction of sp³-hybridized carbons (Fsp3) is 0.625. The molecule has 1 spiro atoms. The molecule has 3 aliphatic rings. The van der Waals surface area contributed by atoms with Gasteiger partial charge in [0, 0.05) is 17.6 Å². The van der Waals surface area contributed by atoms with Crippen molar-refractivity contribution in [1.82, 2.24) is 0 Å². The Labute approximate surface area is 188 Å². The number of ether oxygens (including phenoxy) is 3. The Morgan fingerprint density at radius 2 is 2.00 bits per heavy atom. The molecule has 31 heavy (non-hydrogen) atoms. The summed E-state index contributed by atoms with van der Waals surface area (Å²) in [6.07, 6.45) is 5.64. The molecule has 170 valence electrons. The van der Waals surface area contributed by atoms with Gasteiger partial charge in [-0.25, -0.2) is 9.59 Å². The fourth-order valence-corrected chi connectivity index (χ4v) is 5.78. The third-order valence-corrected chi connectivity index (χ3v) is 8.02. The Bertz CT molecular complexity index is 827. The molecule has 2 unspecified atom stereocenters. The van der Waals surface area contributed by atoms with Crippen molar-refractivity contribution in [2.45, 2.75) is 59.2 Å². The molecule has 7 heteroatoms. The highest BCUT2D eigenvalue weighted by atomic mass is 32.2. The lowest BCUT2D eigenvalue weighted by Gasteiger charge is -2.46. The fourth-order valence-electron chi connectivity index (χ4n) is 5.53. The topological polar surface area (TPSA) is 78.9 Å². The monoisotopic (exact) mass is 448 g/mol. The van der Waals surface area contributed by atoms with E-state index in [1.165, 1.54) is 17.8 Å². The minimum absolute atomic E-state index is 0.119. The van der Waals surface area contributed by atoms with Crippen LogP contribution in [0.25, 0.3) is 0 Å². The van der Waals surface area contributed by atoms with Gasteiger partial charge in [0.25, 0.3) is 0 Å². The number of cyclic esters (lactones) is 1. The lowest BCUT2D eigenvalue weighted by Crippen LogP contribution is -2.50. The van der Waals surface area contributed by atoms with E-state index in [-0.39, 0.29) is 23.9 Å². The Kier molecular flexibility index (Phi) is 6.75. The van der Waals surface area contributed by atoms with Gasteiger partial charge in [-0.05, 0) is 61.7 Å². The van der Waals surface area contributed by atoms with Gasteiger partial charge in [0.1, 0.15) is 24.2 Å². The van der Waals surface area contributed by atoms with E-state index in [1.54, 1.807) is 25.3 Å². The van der Waals surface area contributed by atoms with Gasteiger partial charge in [0.05, 0.1) is 0 Å². The first-order chi connectivity index (χ1) is 14.6. The van der Waals surface area contributed by atoms with E-state index in [2.05, 4.69) is 20.4 Å². The Morgan fingerprint density at radius 3 is 2.58 bits per heavy atom. The van der Waals surface area contributed by atoms with Crippen molar-refractivity contribution in [2.24, 2.45) is 22.7 Å². The van der Waals surface area contributed by atoms with Crippen LogP contribution in [0, 0.1) is 22.7 Å². The molecule has 0 radical (unpaired) electrons. The van der Waals surface area contributed by atoms with Gasteiger partial charge in [-0.2, -0.15) is 0 Å². The highest BCUT2D eigenvalue weighted by Gasteiger charge is 2.72. The standard InChI is InChI=1S/C24H32O6S/c1-7-14(2)21(26)30-20-19-17(29-18(25)10-11-31-6)9-8-15(3)23(19,5)13-24(20)16(4)12-28-22(24)27/h7,10-11,15,17,19-20H,4,8-9,12-13H2,1-3,5-6H3/b11-10+,14-7-/t15-,17-,19?,20+,23+,24?/m0/s1. The second kappa shape index (κ2) is 8.85. The number of fused-ring (bicyclic) bond motifs is 1. The normalized spacial score (nSPS) is 37.8. The summed E-state index contributed by atoms with van der Waals surface area (Å²) in [5.41, 5.74) is -0.403. The van der Waals surface area contributed by atoms with Crippen LogP contribution in [0.1, 0.15) is 47.0 Å².